The van der Waals surface area contributed by atoms with Crippen LogP contribution in [0.3, 0.4) is 0 Å². The van der Waals surface area contributed by atoms with Crippen LogP contribution in [0.4, 0.5) is 4.79 Å². The molecule has 5 nitrogen and oxygen atoms in total. The molecule has 2 fully saturated rings. The van der Waals surface area contributed by atoms with Crippen molar-refractivity contribution in [2.45, 2.75) is 51.0 Å². The van der Waals surface area contributed by atoms with Crippen LogP contribution < -0.4 is 0 Å². The summed E-state index contributed by atoms with van der Waals surface area (Å²) in [6, 6.07) is -0.0840. The minimum Gasteiger partial charge on any atom is -0.480 e. The molecule has 0 aromatic heterocycles. The third-order valence-electron chi connectivity index (χ3n) is 4.21. The Morgan fingerprint density at radius 2 is 1.61 bits per heavy atom. The Bertz CT molecular complexity index is 337. The maximum Gasteiger partial charge on any atom is 0.329 e. The highest BCUT2D eigenvalue weighted by Gasteiger charge is 2.47. The molecule has 5 heteroatoms. The number of carboxylic acids is 1. The van der Waals surface area contributed by atoms with Crippen LogP contribution >= 0.6 is 0 Å². The van der Waals surface area contributed by atoms with E-state index in [1.807, 2.05) is 4.90 Å². The molecule has 2 heterocycles. The first-order valence-electron chi connectivity index (χ1n) is 6.85. The molecule has 2 aliphatic rings. The fraction of sp³-hybridized carbons (Fsp3) is 0.846. The standard InChI is InChI=1S/C13H22N2O3/c1-13(11(16)17)7-6-10-15(13)12(18)14-8-4-2-3-5-9-14/h2-10H2,1H3,(H,16,17). The van der Waals surface area contributed by atoms with Crippen molar-refractivity contribution < 1.29 is 14.7 Å². The first-order chi connectivity index (χ1) is 8.55. The lowest BCUT2D eigenvalue weighted by Crippen LogP contribution is -2.55. The van der Waals surface area contributed by atoms with E-state index in [0.717, 1.165) is 32.4 Å². The topological polar surface area (TPSA) is 60.9 Å². The van der Waals surface area contributed by atoms with Gasteiger partial charge >= 0.3 is 12.0 Å². The molecular formula is C13H22N2O3. The summed E-state index contributed by atoms with van der Waals surface area (Å²) in [6.45, 7) is 3.77. The number of amides is 2. The quantitative estimate of drug-likeness (QED) is 0.777. The average Bonchev–Trinajstić information content (AvgIpc) is 2.58. The summed E-state index contributed by atoms with van der Waals surface area (Å²) in [5, 5.41) is 9.33. The molecule has 0 aliphatic carbocycles. The smallest absolute Gasteiger partial charge is 0.329 e. The van der Waals surface area contributed by atoms with Gasteiger partial charge in [0.25, 0.3) is 0 Å². The van der Waals surface area contributed by atoms with E-state index < -0.39 is 11.5 Å². The van der Waals surface area contributed by atoms with Gasteiger partial charge in [0.2, 0.25) is 0 Å². The number of nitrogens with zero attached hydrogens (tertiary/aromatic N) is 2. The number of urea groups is 1. The average molecular weight is 254 g/mol. The van der Waals surface area contributed by atoms with E-state index in [1.165, 1.54) is 12.8 Å². The molecule has 18 heavy (non-hydrogen) atoms. The number of rotatable bonds is 1. The lowest BCUT2D eigenvalue weighted by molar-refractivity contribution is -0.147. The second kappa shape index (κ2) is 5.16. The number of hydrogen-bond acceptors (Lipinski definition) is 2. The predicted molar refractivity (Wildman–Crippen MR) is 67.4 cm³/mol. The minimum absolute atomic E-state index is 0.0840. The van der Waals surface area contributed by atoms with Crippen LogP contribution in [0.1, 0.15) is 45.4 Å². The Kier molecular flexibility index (Phi) is 3.78. The zero-order valence-electron chi connectivity index (χ0n) is 11.0. The summed E-state index contributed by atoms with van der Waals surface area (Å²) in [5.74, 6) is -0.886. The van der Waals surface area contributed by atoms with Gasteiger partial charge in [0.05, 0.1) is 0 Å². The van der Waals surface area contributed by atoms with Crippen molar-refractivity contribution in [3.05, 3.63) is 0 Å². The maximum atomic E-state index is 12.5. The predicted octanol–water partition coefficient (Wildman–Crippen LogP) is 1.92. The molecule has 0 aromatic carbocycles. The van der Waals surface area contributed by atoms with Gasteiger partial charge in [-0.1, -0.05) is 12.8 Å². The van der Waals surface area contributed by atoms with Gasteiger partial charge in [-0.15, -0.1) is 0 Å². The van der Waals surface area contributed by atoms with Crippen LogP contribution in [0.2, 0.25) is 0 Å². The lowest BCUT2D eigenvalue weighted by Gasteiger charge is -2.35. The highest BCUT2D eigenvalue weighted by atomic mass is 16.4. The van der Waals surface area contributed by atoms with Crippen LogP contribution in [0.5, 0.6) is 0 Å². The molecule has 0 aromatic rings. The first-order valence-corrected chi connectivity index (χ1v) is 6.85. The second-order valence-electron chi connectivity index (χ2n) is 5.52. The van der Waals surface area contributed by atoms with E-state index in [9.17, 15) is 14.7 Å². The largest absolute Gasteiger partial charge is 0.480 e. The number of carboxylic acid groups (broad SMARTS) is 1. The number of aliphatic carboxylic acids is 1. The van der Waals surface area contributed by atoms with Crippen molar-refractivity contribution in [1.82, 2.24) is 9.80 Å². The van der Waals surface area contributed by atoms with Crippen molar-refractivity contribution in [1.29, 1.82) is 0 Å². The third-order valence-corrected chi connectivity index (χ3v) is 4.21. The van der Waals surface area contributed by atoms with Crippen molar-refractivity contribution in [2.24, 2.45) is 0 Å². The Balaban J connectivity index is 2.09. The molecular weight excluding hydrogens is 232 g/mol. The van der Waals surface area contributed by atoms with Crippen LogP contribution in [0, 0.1) is 0 Å². The molecule has 2 saturated heterocycles. The molecule has 0 radical (unpaired) electrons. The van der Waals surface area contributed by atoms with E-state index in [4.69, 9.17) is 0 Å². The van der Waals surface area contributed by atoms with Gasteiger partial charge in [-0.25, -0.2) is 9.59 Å². The zero-order valence-corrected chi connectivity index (χ0v) is 11.0. The summed E-state index contributed by atoms with van der Waals surface area (Å²) < 4.78 is 0. The Morgan fingerprint density at radius 1 is 1.00 bits per heavy atom. The molecule has 0 spiro atoms. The highest BCUT2D eigenvalue weighted by Crippen LogP contribution is 2.30. The number of carbonyl (C=O) groups excluding carboxylic acids is 1. The van der Waals surface area contributed by atoms with Crippen molar-refractivity contribution in [3.8, 4) is 0 Å². The number of hydrogen-bond donors (Lipinski definition) is 1. The zero-order chi connectivity index (χ0) is 13.2. The monoisotopic (exact) mass is 254 g/mol. The Morgan fingerprint density at radius 3 is 2.17 bits per heavy atom. The first kappa shape index (κ1) is 13.2. The highest BCUT2D eigenvalue weighted by molar-refractivity contribution is 5.86. The normalized spacial score (nSPS) is 29.2. The van der Waals surface area contributed by atoms with Gasteiger partial charge in [-0.05, 0) is 32.6 Å². The molecule has 1 atom stereocenters. The van der Waals surface area contributed by atoms with Crippen LogP contribution in [0.15, 0.2) is 0 Å². The molecule has 2 rings (SSSR count). The molecule has 0 bridgehead atoms. The van der Waals surface area contributed by atoms with Gasteiger partial charge in [0.1, 0.15) is 5.54 Å². The van der Waals surface area contributed by atoms with E-state index >= 15 is 0 Å². The number of carbonyl (C=O) groups is 2. The van der Waals surface area contributed by atoms with Crippen LogP contribution in [-0.2, 0) is 4.79 Å². The minimum atomic E-state index is -1.01. The maximum absolute atomic E-state index is 12.5. The van der Waals surface area contributed by atoms with Gasteiger partial charge in [-0.3, -0.25) is 0 Å². The van der Waals surface area contributed by atoms with Gasteiger partial charge in [0, 0.05) is 19.6 Å². The van der Waals surface area contributed by atoms with Crippen molar-refractivity contribution in [2.75, 3.05) is 19.6 Å². The van der Waals surface area contributed by atoms with Crippen LogP contribution in [-0.4, -0.2) is 52.1 Å². The van der Waals surface area contributed by atoms with Gasteiger partial charge in [0.15, 0.2) is 0 Å². The van der Waals surface area contributed by atoms with Gasteiger partial charge < -0.3 is 14.9 Å². The van der Waals surface area contributed by atoms with Crippen molar-refractivity contribution in [3.63, 3.8) is 0 Å². The summed E-state index contributed by atoms with van der Waals surface area (Å²) >= 11 is 0. The molecule has 0 saturated carbocycles. The Labute approximate surface area is 108 Å². The second-order valence-corrected chi connectivity index (χ2v) is 5.52. The van der Waals surface area contributed by atoms with E-state index in [0.29, 0.717) is 13.0 Å². The fourth-order valence-corrected chi connectivity index (χ4v) is 2.92. The number of likely N-dealkylation sites (tertiary alicyclic amines) is 2. The molecule has 1 unspecified atom stereocenters. The summed E-state index contributed by atoms with van der Waals surface area (Å²) in [6.07, 6.45) is 5.73. The molecule has 2 amide bonds. The SMILES string of the molecule is CC1(C(=O)O)CCCN1C(=O)N1CCCCCC1. The Hall–Kier alpha value is -1.26. The molecule has 1 N–H and O–H groups in total. The fourth-order valence-electron chi connectivity index (χ4n) is 2.92. The van der Waals surface area contributed by atoms with Crippen LogP contribution in [0.25, 0.3) is 0 Å². The van der Waals surface area contributed by atoms with E-state index in [-0.39, 0.29) is 6.03 Å². The van der Waals surface area contributed by atoms with Crippen molar-refractivity contribution >= 4 is 12.0 Å². The third kappa shape index (κ3) is 2.31. The molecule has 2 aliphatic heterocycles. The molecule has 102 valence electrons. The summed E-state index contributed by atoms with van der Waals surface area (Å²) in [7, 11) is 0. The summed E-state index contributed by atoms with van der Waals surface area (Å²) in [5.41, 5.74) is -1.01. The van der Waals surface area contributed by atoms with Gasteiger partial charge in [-0.2, -0.15) is 0 Å². The van der Waals surface area contributed by atoms with E-state index in [2.05, 4.69) is 0 Å². The van der Waals surface area contributed by atoms with E-state index in [1.54, 1.807) is 11.8 Å². The summed E-state index contributed by atoms with van der Waals surface area (Å²) in [4.78, 5) is 27.2. The lowest BCUT2D eigenvalue weighted by atomic mass is 10.00.